The highest BCUT2D eigenvalue weighted by molar-refractivity contribution is 6.07. The van der Waals surface area contributed by atoms with Gasteiger partial charge in [0.15, 0.2) is 12.1 Å². The molecule has 5 N–H and O–H groups in total. The number of carbonyl (C=O) groups is 2. The Morgan fingerprint density at radius 1 is 1.24 bits per heavy atom. The molecular formula is C24H45FN2O6. The lowest BCUT2D eigenvalue weighted by Crippen LogP contribution is -2.51. The number of aliphatic hydroxyl groups is 2. The van der Waals surface area contributed by atoms with Crippen molar-refractivity contribution < 1.29 is 33.7 Å². The van der Waals surface area contributed by atoms with Crippen LogP contribution >= 0.6 is 0 Å². The minimum Gasteiger partial charge on any atom is -0.459 e. The number of nitrogens with two attached hydrogens (primary N) is 1. The van der Waals surface area contributed by atoms with Crippen molar-refractivity contribution in [2.45, 2.75) is 104 Å². The fourth-order valence-corrected chi connectivity index (χ4v) is 4.49. The molecule has 8 nitrogen and oxygen atoms in total. The molecule has 0 aromatic heterocycles. The number of esters is 1. The molecule has 1 aliphatic rings. The molecule has 33 heavy (non-hydrogen) atoms. The first kappa shape index (κ1) is 29.9. The highest BCUT2D eigenvalue weighted by Gasteiger charge is 2.49. The van der Waals surface area contributed by atoms with Crippen LogP contribution in [-0.2, 0) is 19.1 Å². The second-order valence-electron chi connectivity index (χ2n) is 10.1. The molecule has 1 heterocycles. The molecule has 0 bridgehead atoms. The third-order valence-electron chi connectivity index (χ3n) is 6.78. The van der Waals surface area contributed by atoms with Crippen LogP contribution in [0.2, 0.25) is 0 Å². The molecule has 1 saturated heterocycles. The summed E-state index contributed by atoms with van der Waals surface area (Å²) in [4.78, 5) is 25.9. The normalized spacial score (nSPS) is 38.5. The maximum atomic E-state index is 15.6. The summed E-state index contributed by atoms with van der Waals surface area (Å²) >= 11 is 0. The summed E-state index contributed by atoms with van der Waals surface area (Å²) in [6, 6.07) is -0.777. The van der Waals surface area contributed by atoms with Crippen molar-refractivity contribution in [2.24, 2.45) is 29.4 Å². The van der Waals surface area contributed by atoms with Gasteiger partial charge >= 0.3 is 5.97 Å². The van der Waals surface area contributed by atoms with Gasteiger partial charge in [-0.25, -0.2) is 9.18 Å². The Labute approximate surface area is 197 Å². The fourth-order valence-electron chi connectivity index (χ4n) is 4.49. The van der Waals surface area contributed by atoms with E-state index in [2.05, 4.69) is 12.2 Å². The number of ketones is 1. The molecule has 1 rings (SSSR count). The molecule has 0 aromatic rings. The van der Waals surface area contributed by atoms with E-state index in [1.54, 1.807) is 0 Å². The summed E-state index contributed by atoms with van der Waals surface area (Å²) in [6.07, 6.45) is -2.63. The van der Waals surface area contributed by atoms with E-state index in [-0.39, 0.29) is 17.8 Å². The number of hydrogen-bond donors (Lipinski definition) is 4. The van der Waals surface area contributed by atoms with E-state index in [1.165, 1.54) is 13.8 Å². The maximum absolute atomic E-state index is 15.6. The van der Waals surface area contributed by atoms with Crippen LogP contribution in [0.25, 0.3) is 0 Å². The Balaban J connectivity index is 3.28. The Bertz CT molecular complexity index is 632. The van der Waals surface area contributed by atoms with E-state index in [0.29, 0.717) is 12.8 Å². The first-order valence-corrected chi connectivity index (χ1v) is 12.2. The number of nitrogens with one attached hydrogen (secondary N) is 1. The summed E-state index contributed by atoms with van der Waals surface area (Å²) in [5, 5.41) is 23.9. The Morgan fingerprint density at radius 3 is 2.39 bits per heavy atom. The summed E-state index contributed by atoms with van der Waals surface area (Å²) in [6.45, 7) is 13.1. The van der Waals surface area contributed by atoms with Gasteiger partial charge in [0.25, 0.3) is 5.67 Å². The molecule has 0 saturated carbocycles. The number of aliphatic hydroxyl groups excluding tert-OH is 2. The average Bonchev–Trinajstić information content (AvgIpc) is 2.75. The van der Waals surface area contributed by atoms with Crippen molar-refractivity contribution >= 4 is 11.8 Å². The Kier molecular flexibility index (Phi) is 11.9. The topological polar surface area (TPSA) is 131 Å². The van der Waals surface area contributed by atoms with Crippen LogP contribution in [-0.4, -0.2) is 71.4 Å². The molecule has 0 amide bonds. The number of cyclic esters (lactones) is 1. The van der Waals surface area contributed by atoms with Gasteiger partial charge in [0.05, 0.1) is 6.10 Å². The first-order valence-electron chi connectivity index (χ1n) is 12.2. The van der Waals surface area contributed by atoms with Crippen molar-refractivity contribution in [3.05, 3.63) is 0 Å². The molecule has 0 spiro atoms. The number of halogens is 1. The number of rotatable bonds is 5. The zero-order valence-electron chi connectivity index (χ0n) is 21.2. The fraction of sp³-hybridized carbons (Fsp3) is 0.917. The zero-order chi connectivity index (χ0) is 25.5. The summed E-state index contributed by atoms with van der Waals surface area (Å²) < 4.78 is 26.7. The Morgan fingerprint density at radius 2 is 1.85 bits per heavy atom. The monoisotopic (exact) mass is 476 g/mol. The van der Waals surface area contributed by atoms with E-state index in [1.807, 2.05) is 20.8 Å². The number of ether oxygens (including phenoxy) is 2. The van der Waals surface area contributed by atoms with Gasteiger partial charge in [-0.15, -0.1) is 0 Å². The van der Waals surface area contributed by atoms with Crippen molar-refractivity contribution in [3.63, 3.8) is 0 Å². The lowest BCUT2D eigenvalue weighted by molar-refractivity contribution is -0.213. The van der Waals surface area contributed by atoms with Gasteiger partial charge in [0.1, 0.15) is 12.2 Å². The van der Waals surface area contributed by atoms with E-state index in [0.717, 1.165) is 26.4 Å². The molecule has 1 aliphatic heterocycles. The first-order chi connectivity index (χ1) is 15.2. The standard InChI is InChI=1S/C24H45FN2O6/c1-8-18-14(3)9-10-27-12-13(2)11-15(4)20(33-22(30)19(28)17(6)26)16(5)21(29)24(7,25)23(31)32-18/h13-20,22,27-28,30H,8-12,26H2,1-7H3/t13-,14-,15+,16-,17?,18-,19?,20+,22?,24?/m1/s1. The zero-order valence-corrected chi connectivity index (χ0v) is 21.2. The predicted octanol–water partition coefficient (Wildman–Crippen LogP) is 1.95. The SMILES string of the molecule is CC[C@H]1OC(=O)C(C)(F)C(=O)[C@H](C)[C@@H](OC(O)C(O)C(C)N)[C@@H](C)C[C@@H](C)CNCC[C@H]1C. The van der Waals surface area contributed by atoms with Crippen molar-refractivity contribution in [3.8, 4) is 0 Å². The van der Waals surface area contributed by atoms with Crippen molar-refractivity contribution in [1.82, 2.24) is 5.32 Å². The minimum absolute atomic E-state index is 0.0000947. The number of Topliss-reactive ketones (excluding diaryl/α,β-unsaturated/α-hetero) is 1. The van der Waals surface area contributed by atoms with Gasteiger partial charge in [0.2, 0.25) is 0 Å². The van der Waals surface area contributed by atoms with E-state index in [4.69, 9.17) is 15.2 Å². The quantitative estimate of drug-likeness (QED) is 0.269. The van der Waals surface area contributed by atoms with Gasteiger partial charge in [-0.1, -0.05) is 34.6 Å². The van der Waals surface area contributed by atoms with Gasteiger partial charge in [-0.3, -0.25) is 4.79 Å². The Hall–Kier alpha value is -1.13. The largest absolute Gasteiger partial charge is 0.459 e. The lowest BCUT2D eigenvalue weighted by Gasteiger charge is -2.35. The van der Waals surface area contributed by atoms with Crippen LogP contribution in [0.4, 0.5) is 4.39 Å². The molecular weight excluding hydrogens is 431 g/mol. The third-order valence-corrected chi connectivity index (χ3v) is 6.78. The smallest absolute Gasteiger partial charge is 0.351 e. The highest BCUT2D eigenvalue weighted by Crippen LogP contribution is 2.31. The second kappa shape index (κ2) is 13.1. The van der Waals surface area contributed by atoms with E-state index in [9.17, 15) is 19.8 Å². The highest BCUT2D eigenvalue weighted by atomic mass is 19.1. The van der Waals surface area contributed by atoms with Crippen LogP contribution in [0.15, 0.2) is 0 Å². The average molecular weight is 477 g/mol. The van der Waals surface area contributed by atoms with Gasteiger partial charge in [-0.05, 0) is 64.0 Å². The number of carbonyl (C=O) groups excluding carboxylic acids is 2. The molecule has 0 aliphatic carbocycles. The molecule has 0 aromatic carbocycles. The minimum atomic E-state index is -2.87. The summed E-state index contributed by atoms with van der Waals surface area (Å²) in [5.74, 6) is -3.34. The van der Waals surface area contributed by atoms with Crippen LogP contribution in [0.5, 0.6) is 0 Å². The van der Waals surface area contributed by atoms with Crippen LogP contribution < -0.4 is 11.1 Å². The van der Waals surface area contributed by atoms with Gasteiger partial charge in [0, 0.05) is 12.0 Å². The molecule has 1 fully saturated rings. The predicted molar refractivity (Wildman–Crippen MR) is 124 cm³/mol. The summed E-state index contributed by atoms with van der Waals surface area (Å²) in [5.41, 5.74) is 2.79. The van der Waals surface area contributed by atoms with Crippen LogP contribution in [0.1, 0.15) is 67.7 Å². The van der Waals surface area contributed by atoms with Gasteiger partial charge in [-0.2, -0.15) is 0 Å². The maximum Gasteiger partial charge on any atom is 0.351 e. The molecule has 4 unspecified atom stereocenters. The molecule has 194 valence electrons. The van der Waals surface area contributed by atoms with E-state index < -0.39 is 54.0 Å². The lowest BCUT2D eigenvalue weighted by atomic mass is 9.81. The molecule has 0 radical (unpaired) electrons. The van der Waals surface area contributed by atoms with Crippen LogP contribution in [0, 0.1) is 23.7 Å². The summed E-state index contributed by atoms with van der Waals surface area (Å²) in [7, 11) is 0. The third kappa shape index (κ3) is 8.24. The van der Waals surface area contributed by atoms with Crippen molar-refractivity contribution in [1.29, 1.82) is 0 Å². The van der Waals surface area contributed by atoms with Crippen LogP contribution in [0.3, 0.4) is 0 Å². The number of hydrogen-bond acceptors (Lipinski definition) is 8. The second-order valence-corrected chi connectivity index (χ2v) is 10.1. The van der Waals surface area contributed by atoms with Gasteiger partial charge < -0.3 is 30.7 Å². The molecule has 10 atom stereocenters. The number of alkyl halides is 1. The van der Waals surface area contributed by atoms with E-state index >= 15 is 4.39 Å². The molecule has 9 heteroatoms. The van der Waals surface area contributed by atoms with Crippen molar-refractivity contribution in [2.75, 3.05) is 13.1 Å².